The number of anilines is 2. The number of hydrogen-bond acceptors (Lipinski definition) is 2. The van der Waals surface area contributed by atoms with Crippen LogP contribution in [0.25, 0.3) is 11.1 Å². The molecule has 0 spiro atoms. The van der Waals surface area contributed by atoms with Crippen molar-refractivity contribution in [3.63, 3.8) is 0 Å². The minimum Gasteiger partial charge on any atom is -0.397 e. The summed E-state index contributed by atoms with van der Waals surface area (Å²) in [6.07, 6.45) is 5.18. The van der Waals surface area contributed by atoms with Crippen molar-refractivity contribution in [2.24, 2.45) is 0 Å². The Balaban J connectivity index is 1.87. The van der Waals surface area contributed by atoms with Crippen LogP contribution in [0.1, 0.15) is 25.7 Å². The van der Waals surface area contributed by atoms with E-state index in [-0.39, 0.29) is 0 Å². The first kappa shape index (κ1) is 12.1. The molecule has 0 amide bonds. The Morgan fingerprint density at radius 3 is 2.37 bits per heavy atom. The average molecular weight is 252 g/mol. The van der Waals surface area contributed by atoms with Gasteiger partial charge in [0.1, 0.15) is 0 Å². The summed E-state index contributed by atoms with van der Waals surface area (Å²) in [5.41, 5.74) is 10.5. The number of nitrogens with one attached hydrogen (secondary N) is 1. The molecule has 98 valence electrons. The Labute approximate surface area is 114 Å². The molecule has 1 aliphatic rings. The molecule has 2 aromatic carbocycles. The fourth-order valence-corrected chi connectivity index (χ4v) is 2.78. The van der Waals surface area contributed by atoms with Crippen molar-refractivity contribution in [3.05, 3.63) is 48.5 Å². The molecule has 2 heteroatoms. The molecule has 0 radical (unpaired) electrons. The molecule has 1 aliphatic carbocycles. The maximum atomic E-state index is 6.08. The highest BCUT2D eigenvalue weighted by Gasteiger charge is 2.15. The average Bonchev–Trinajstić information content (AvgIpc) is 2.95. The van der Waals surface area contributed by atoms with Gasteiger partial charge < -0.3 is 11.1 Å². The lowest BCUT2D eigenvalue weighted by Crippen LogP contribution is -2.15. The van der Waals surface area contributed by atoms with Crippen LogP contribution >= 0.6 is 0 Å². The number of benzene rings is 2. The van der Waals surface area contributed by atoms with E-state index >= 15 is 0 Å². The Hall–Kier alpha value is -1.96. The van der Waals surface area contributed by atoms with E-state index in [0.717, 1.165) is 11.4 Å². The largest absolute Gasteiger partial charge is 0.397 e. The lowest BCUT2D eigenvalue weighted by Gasteiger charge is -2.16. The molecular weight excluding hydrogens is 232 g/mol. The predicted octanol–water partition coefficient (Wildman–Crippen LogP) is 4.29. The van der Waals surface area contributed by atoms with Crippen LogP contribution in [0, 0.1) is 0 Å². The highest BCUT2D eigenvalue weighted by molar-refractivity contribution is 5.76. The molecule has 3 rings (SSSR count). The van der Waals surface area contributed by atoms with Gasteiger partial charge in [0.25, 0.3) is 0 Å². The second kappa shape index (κ2) is 5.35. The second-order valence-corrected chi connectivity index (χ2v) is 5.29. The van der Waals surface area contributed by atoms with E-state index in [1.54, 1.807) is 0 Å². The zero-order chi connectivity index (χ0) is 13.1. The Bertz CT molecular complexity index is 542. The minimum atomic E-state index is 0.591. The highest BCUT2D eigenvalue weighted by Crippen LogP contribution is 2.30. The third kappa shape index (κ3) is 2.73. The summed E-state index contributed by atoms with van der Waals surface area (Å²) in [5.74, 6) is 0. The van der Waals surface area contributed by atoms with Gasteiger partial charge in [0.2, 0.25) is 0 Å². The summed E-state index contributed by atoms with van der Waals surface area (Å²) in [5, 5.41) is 3.59. The fraction of sp³-hybridized carbons (Fsp3) is 0.294. The van der Waals surface area contributed by atoms with E-state index in [1.165, 1.54) is 36.8 Å². The van der Waals surface area contributed by atoms with E-state index < -0.39 is 0 Å². The topological polar surface area (TPSA) is 38.0 Å². The summed E-state index contributed by atoms with van der Waals surface area (Å²) in [4.78, 5) is 0. The van der Waals surface area contributed by atoms with Gasteiger partial charge in [-0.25, -0.2) is 0 Å². The smallest absolute Gasteiger partial charge is 0.0582 e. The van der Waals surface area contributed by atoms with Crippen molar-refractivity contribution in [1.29, 1.82) is 0 Å². The van der Waals surface area contributed by atoms with Crippen molar-refractivity contribution >= 4 is 11.4 Å². The fourth-order valence-electron chi connectivity index (χ4n) is 2.78. The third-order valence-electron chi connectivity index (χ3n) is 3.88. The lowest BCUT2D eigenvalue weighted by molar-refractivity contribution is 0.756. The normalized spacial score (nSPS) is 15.6. The van der Waals surface area contributed by atoms with E-state index in [9.17, 15) is 0 Å². The Morgan fingerprint density at radius 2 is 1.63 bits per heavy atom. The first-order valence-corrected chi connectivity index (χ1v) is 7.04. The number of nitrogens with two attached hydrogens (primary N) is 1. The van der Waals surface area contributed by atoms with Gasteiger partial charge in [-0.3, -0.25) is 0 Å². The van der Waals surface area contributed by atoms with Crippen LogP contribution in [-0.4, -0.2) is 6.04 Å². The van der Waals surface area contributed by atoms with E-state index in [2.05, 4.69) is 41.7 Å². The van der Waals surface area contributed by atoms with Gasteiger partial charge in [-0.05, 0) is 36.1 Å². The maximum Gasteiger partial charge on any atom is 0.0582 e. The molecule has 0 bridgehead atoms. The molecule has 0 aliphatic heterocycles. The first-order chi connectivity index (χ1) is 9.33. The van der Waals surface area contributed by atoms with Crippen LogP contribution in [0.2, 0.25) is 0 Å². The van der Waals surface area contributed by atoms with E-state index in [1.807, 2.05) is 12.1 Å². The Morgan fingerprint density at radius 1 is 0.895 bits per heavy atom. The van der Waals surface area contributed by atoms with E-state index in [0.29, 0.717) is 6.04 Å². The summed E-state index contributed by atoms with van der Waals surface area (Å²) >= 11 is 0. The molecule has 1 saturated carbocycles. The molecule has 0 heterocycles. The summed E-state index contributed by atoms with van der Waals surface area (Å²) in [7, 11) is 0. The molecule has 19 heavy (non-hydrogen) atoms. The quantitative estimate of drug-likeness (QED) is 0.800. The summed E-state index contributed by atoms with van der Waals surface area (Å²) in [6.45, 7) is 0. The molecule has 0 atom stereocenters. The van der Waals surface area contributed by atoms with Gasteiger partial charge in [0, 0.05) is 6.04 Å². The van der Waals surface area contributed by atoms with Crippen LogP contribution in [0.5, 0.6) is 0 Å². The van der Waals surface area contributed by atoms with Crippen molar-refractivity contribution < 1.29 is 0 Å². The van der Waals surface area contributed by atoms with Gasteiger partial charge in [-0.1, -0.05) is 49.2 Å². The predicted molar refractivity (Wildman–Crippen MR) is 82.2 cm³/mol. The summed E-state index contributed by atoms with van der Waals surface area (Å²) < 4.78 is 0. The first-order valence-electron chi connectivity index (χ1n) is 7.04. The van der Waals surface area contributed by atoms with Crippen LogP contribution in [0.4, 0.5) is 11.4 Å². The molecule has 1 fully saturated rings. The number of nitrogen functional groups attached to an aromatic ring is 1. The minimum absolute atomic E-state index is 0.591. The van der Waals surface area contributed by atoms with Crippen molar-refractivity contribution in [3.8, 4) is 11.1 Å². The standard InChI is InChI=1S/C17H20N2/c18-16-11-10-14(13-6-2-1-3-7-13)12-17(16)19-15-8-4-5-9-15/h1-3,6-7,10-12,15,19H,4-5,8-9,18H2. The maximum absolute atomic E-state index is 6.08. The molecule has 0 unspecified atom stereocenters. The van der Waals surface area contributed by atoms with Crippen molar-refractivity contribution in [2.75, 3.05) is 11.1 Å². The van der Waals surface area contributed by atoms with Gasteiger partial charge in [0.05, 0.1) is 11.4 Å². The van der Waals surface area contributed by atoms with Gasteiger partial charge >= 0.3 is 0 Å². The molecule has 2 nitrogen and oxygen atoms in total. The van der Waals surface area contributed by atoms with Gasteiger partial charge in [-0.15, -0.1) is 0 Å². The number of rotatable bonds is 3. The molecule has 3 N–H and O–H groups in total. The van der Waals surface area contributed by atoms with Crippen LogP contribution < -0.4 is 11.1 Å². The molecule has 0 aromatic heterocycles. The SMILES string of the molecule is Nc1ccc(-c2ccccc2)cc1NC1CCCC1. The van der Waals surface area contributed by atoms with Crippen molar-refractivity contribution in [2.45, 2.75) is 31.7 Å². The monoisotopic (exact) mass is 252 g/mol. The van der Waals surface area contributed by atoms with Gasteiger partial charge in [0.15, 0.2) is 0 Å². The third-order valence-corrected chi connectivity index (χ3v) is 3.88. The van der Waals surface area contributed by atoms with Crippen LogP contribution in [0.15, 0.2) is 48.5 Å². The summed E-state index contributed by atoms with van der Waals surface area (Å²) in [6, 6.07) is 17.3. The van der Waals surface area contributed by atoms with Crippen LogP contribution in [0.3, 0.4) is 0 Å². The second-order valence-electron chi connectivity index (χ2n) is 5.29. The highest BCUT2D eigenvalue weighted by atomic mass is 14.9. The Kier molecular flexibility index (Phi) is 3.41. The lowest BCUT2D eigenvalue weighted by atomic mass is 10.0. The molecule has 2 aromatic rings. The van der Waals surface area contributed by atoms with Gasteiger partial charge in [-0.2, -0.15) is 0 Å². The molecule has 0 saturated heterocycles. The zero-order valence-corrected chi connectivity index (χ0v) is 11.1. The van der Waals surface area contributed by atoms with Crippen LogP contribution in [-0.2, 0) is 0 Å². The zero-order valence-electron chi connectivity index (χ0n) is 11.1. The number of hydrogen-bond donors (Lipinski definition) is 2. The molecular formula is C17H20N2. The van der Waals surface area contributed by atoms with Crippen molar-refractivity contribution in [1.82, 2.24) is 0 Å². The van der Waals surface area contributed by atoms with E-state index in [4.69, 9.17) is 5.73 Å².